The van der Waals surface area contributed by atoms with E-state index in [0.29, 0.717) is 45.7 Å². The highest BCUT2D eigenvalue weighted by Gasteiger charge is 2.20. The molecule has 0 radical (unpaired) electrons. The second-order valence-electron chi connectivity index (χ2n) is 8.76. The predicted molar refractivity (Wildman–Crippen MR) is 163 cm³/mol. The van der Waals surface area contributed by atoms with E-state index in [2.05, 4.69) is 17.6 Å². The van der Waals surface area contributed by atoms with Crippen molar-refractivity contribution in [2.45, 2.75) is 27.2 Å². The third-order valence-electron chi connectivity index (χ3n) is 5.72. The SMILES string of the molecule is CCCOCC.Cc1cc(N2CCOCS2=O)ccc1C(=O)Nc1ccc(Cl)c(NC(=O)c2cccc(Cl)c2)c1. The van der Waals surface area contributed by atoms with Gasteiger partial charge in [-0.15, -0.1) is 0 Å². The first-order valence-corrected chi connectivity index (χ1v) is 14.9. The van der Waals surface area contributed by atoms with Gasteiger partial charge in [0.2, 0.25) is 0 Å². The van der Waals surface area contributed by atoms with Crippen LogP contribution in [-0.4, -0.2) is 48.3 Å². The van der Waals surface area contributed by atoms with Crippen LogP contribution in [0.1, 0.15) is 46.5 Å². The summed E-state index contributed by atoms with van der Waals surface area (Å²) in [5.41, 5.74) is 3.19. The topological polar surface area (TPSA) is 97.0 Å². The van der Waals surface area contributed by atoms with Crippen LogP contribution in [-0.2, 0) is 20.5 Å². The molecule has 1 heterocycles. The van der Waals surface area contributed by atoms with E-state index in [1.54, 1.807) is 58.9 Å². The van der Waals surface area contributed by atoms with Gasteiger partial charge in [-0.05, 0) is 80.4 Å². The Morgan fingerprint density at radius 3 is 2.48 bits per heavy atom. The number of anilines is 3. The number of aryl methyl sites for hydroxylation is 1. The molecular weight excluding hydrogens is 573 g/mol. The molecule has 1 fully saturated rings. The maximum Gasteiger partial charge on any atom is 0.255 e. The molecule has 4 rings (SSSR count). The van der Waals surface area contributed by atoms with Crippen molar-refractivity contribution in [3.05, 3.63) is 87.4 Å². The van der Waals surface area contributed by atoms with Gasteiger partial charge in [-0.2, -0.15) is 0 Å². The van der Waals surface area contributed by atoms with Crippen molar-refractivity contribution in [2.24, 2.45) is 0 Å². The van der Waals surface area contributed by atoms with Gasteiger partial charge in [0, 0.05) is 40.7 Å². The van der Waals surface area contributed by atoms with Crippen LogP contribution in [0.15, 0.2) is 60.7 Å². The molecule has 0 saturated carbocycles. The smallest absolute Gasteiger partial charge is 0.255 e. The average Bonchev–Trinajstić information content (AvgIpc) is 2.94. The molecule has 0 aromatic heterocycles. The van der Waals surface area contributed by atoms with E-state index in [0.717, 1.165) is 30.9 Å². The van der Waals surface area contributed by atoms with E-state index in [1.807, 2.05) is 19.9 Å². The van der Waals surface area contributed by atoms with Crippen molar-refractivity contribution in [2.75, 3.05) is 47.2 Å². The standard InChI is InChI=1S/C24H21Cl2N3O4S.C5H12O/c1-15-11-19(29-9-10-33-14-34(29)32)6-7-20(15)24(31)27-18-5-8-21(26)22(13-18)28-23(30)16-3-2-4-17(25)12-16;1-3-5-6-4-2/h2-8,11-13H,9-10,14H2,1H3,(H,27,31)(H,28,30);3-5H2,1-2H3. The van der Waals surface area contributed by atoms with Crippen LogP contribution < -0.4 is 14.9 Å². The summed E-state index contributed by atoms with van der Waals surface area (Å²) in [6, 6.07) is 16.7. The number of carbonyl (C=O) groups is 2. The number of hydrogen-bond acceptors (Lipinski definition) is 5. The molecule has 2 amide bonds. The van der Waals surface area contributed by atoms with Gasteiger partial charge in [-0.3, -0.25) is 13.9 Å². The van der Waals surface area contributed by atoms with E-state index < -0.39 is 11.0 Å². The summed E-state index contributed by atoms with van der Waals surface area (Å²) in [6.07, 6.45) is 1.13. The third kappa shape index (κ3) is 9.04. The van der Waals surface area contributed by atoms with Crippen molar-refractivity contribution in [3.8, 4) is 0 Å². The van der Waals surface area contributed by atoms with Crippen LogP contribution in [0.25, 0.3) is 0 Å². The number of amides is 2. The zero-order valence-corrected chi connectivity index (χ0v) is 25.0. The molecule has 3 aromatic rings. The van der Waals surface area contributed by atoms with Crippen LogP contribution in [0.5, 0.6) is 0 Å². The maximum absolute atomic E-state index is 12.9. The molecule has 8 nitrogen and oxygen atoms in total. The van der Waals surface area contributed by atoms with Crippen molar-refractivity contribution >= 4 is 63.1 Å². The van der Waals surface area contributed by atoms with Gasteiger partial charge in [0.1, 0.15) is 16.9 Å². The highest BCUT2D eigenvalue weighted by Crippen LogP contribution is 2.28. The fraction of sp³-hybridized carbons (Fsp3) is 0.310. The number of halogens is 2. The number of rotatable bonds is 8. The van der Waals surface area contributed by atoms with Crippen molar-refractivity contribution in [1.82, 2.24) is 0 Å². The average molecular weight is 607 g/mol. The molecule has 1 saturated heterocycles. The monoisotopic (exact) mass is 605 g/mol. The summed E-state index contributed by atoms with van der Waals surface area (Å²) >= 11 is 12.2. The molecule has 214 valence electrons. The molecule has 1 atom stereocenters. The number of hydrogen-bond donors (Lipinski definition) is 2. The van der Waals surface area contributed by atoms with Gasteiger partial charge in [0.15, 0.2) is 0 Å². The Labute approximate surface area is 247 Å². The number of benzene rings is 3. The van der Waals surface area contributed by atoms with E-state index in [-0.39, 0.29) is 17.8 Å². The Balaban J connectivity index is 0.000000663. The van der Waals surface area contributed by atoms with Crippen molar-refractivity contribution in [3.63, 3.8) is 0 Å². The highest BCUT2D eigenvalue weighted by atomic mass is 35.5. The molecule has 1 unspecified atom stereocenters. The number of ether oxygens (including phenoxy) is 2. The van der Waals surface area contributed by atoms with Gasteiger partial charge in [0.05, 0.1) is 23.9 Å². The Kier molecular flexibility index (Phi) is 12.4. The maximum atomic E-state index is 12.9. The van der Waals surface area contributed by atoms with Crippen molar-refractivity contribution < 1.29 is 23.3 Å². The van der Waals surface area contributed by atoms with Gasteiger partial charge >= 0.3 is 0 Å². The molecule has 0 spiro atoms. The first-order chi connectivity index (χ1) is 19.2. The normalized spacial score (nSPS) is 14.6. The van der Waals surface area contributed by atoms with Crippen LogP contribution >= 0.6 is 23.2 Å². The molecule has 11 heteroatoms. The lowest BCUT2D eigenvalue weighted by molar-refractivity contribution is 0.101. The van der Waals surface area contributed by atoms with E-state index >= 15 is 0 Å². The molecule has 0 aliphatic carbocycles. The van der Waals surface area contributed by atoms with Crippen LogP contribution in [0.2, 0.25) is 10.0 Å². The summed E-state index contributed by atoms with van der Waals surface area (Å²) < 4.78 is 24.2. The first-order valence-electron chi connectivity index (χ1n) is 12.8. The number of nitrogens with one attached hydrogen (secondary N) is 2. The summed E-state index contributed by atoms with van der Waals surface area (Å²) in [7, 11) is -1.26. The lowest BCUT2D eigenvalue weighted by atomic mass is 10.1. The van der Waals surface area contributed by atoms with E-state index in [4.69, 9.17) is 32.7 Å². The van der Waals surface area contributed by atoms with Crippen LogP contribution in [0.4, 0.5) is 17.1 Å². The zero-order chi connectivity index (χ0) is 29.1. The number of nitrogens with zero attached hydrogens (tertiary/aromatic N) is 1. The quantitative estimate of drug-likeness (QED) is 0.279. The second kappa shape index (κ2) is 15.7. The van der Waals surface area contributed by atoms with E-state index in [9.17, 15) is 13.8 Å². The fourth-order valence-electron chi connectivity index (χ4n) is 3.76. The lowest BCUT2D eigenvalue weighted by Gasteiger charge is -2.27. The Hall–Kier alpha value is -2.95. The molecule has 40 heavy (non-hydrogen) atoms. The molecular formula is C29H33Cl2N3O5S. The molecule has 2 N–H and O–H groups in total. The summed E-state index contributed by atoms with van der Waals surface area (Å²) in [4.78, 5) is 25.5. The second-order valence-corrected chi connectivity index (χ2v) is 10.9. The fourth-order valence-corrected chi connectivity index (χ4v) is 5.13. The van der Waals surface area contributed by atoms with Crippen LogP contribution in [0.3, 0.4) is 0 Å². The van der Waals surface area contributed by atoms with Gasteiger partial charge < -0.3 is 20.1 Å². The van der Waals surface area contributed by atoms with Gasteiger partial charge in [-0.25, -0.2) is 4.21 Å². The Morgan fingerprint density at radius 1 is 1.02 bits per heavy atom. The minimum absolute atomic E-state index is 0.161. The first kappa shape index (κ1) is 31.6. The lowest BCUT2D eigenvalue weighted by Crippen LogP contribution is -2.37. The Morgan fingerprint density at radius 2 is 1.82 bits per heavy atom. The van der Waals surface area contributed by atoms with Crippen LogP contribution in [0, 0.1) is 6.92 Å². The molecule has 0 bridgehead atoms. The van der Waals surface area contributed by atoms with Gasteiger partial charge in [-0.1, -0.05) is 36.2 Å². The Bertz CT molecular complexity index is 1350. The minimum Gasteiger partial charge on any atom is -0.382 e. The summed E-state index contributed by atoms with van der Waals surface area (Å²) in [5.74, 6) is -0.532. The minimum atomic E-state index is -1.26. The largest absolute Gasteiger partial charge is 0.382 e. The highest BCUT2D eigenvalue weighted by molar-refractivity contribution is 7.86. The third-order valence-corrected chi connectivity index (χ3v) is 7.54. The molecule has 1 aliphatic rings. The van der Waals surface area contributed by atoms with Crippen molar-refractivity contribution in [1.29, 1.82) is 0 Å². The number of carbonyl (C=O) groups excluding carboxylic acids is 2. The van der Waals surface area contributed by atoms with E-state index in [1.165, 1.54) is 0 Å². The summed E-state index contributed by atoms with van der Waals surface area (Å²) in [5, 5.41) is 6.35. The predicted octanol–water partition coefficient (Wildman–Crippen LogP) is 6.70. The molecule has 1 aliphatic heterocycles. The molecule has 3 aromatic carbocycles. The zero-order valence-electron chi connectivity index (χ0n) is 22.7. The van der Waals surface area contributed by atoms with Gasteiger partial charge in [0.25, 0.3) is 11.8 Å². The summed E-state index contributed by atoms with van der Waals surface area (Å²) in [6.45, 7) is 8.72.